The van der Waals surface area contributed by atoms with Gasteiger partial charge in [-0.15, -0.1) is 0 Å². The van der Waals surface area contributed by atoms with E-state index in [0.29, 0.717) is 11.8 Å². The summed E-state index contributed by atoms with van der Waals surface area (Å²) in [5.74, 6) is 1.88. The number of fused-ring (bicyclic) bond motifs is 4. The van der Waals surface area contributed by atoms with E-state index in [1.807, 2.05) is 12.1 Å². The van der Waals surface area contributed by atoms with E-state index in [-0.39, 0.29) is 12.0 Å². The summed E-state index contributed by atoms with van der Waals surface area (Å²) in [6.07, 6.45) is 4.22. The van der Waals surface area contributed by atoms with Gasteiger partial charge in [-0.05, 0) is 48.8 Å². The number of rotatable bonds is 3. The number of aromatic amines is 1. The van der Waals surface area contributed by atoms with Gasteiger partial charge in [-0.1, -0.05) is 13.3 Å². The van der Waals surface area contributed by atoms with Crippen molar-refractivity contribution in [1.29, 1.82) is 0 Å². The molecule has 1 unspecified atom stereocenters. The highest BCUT2D eigenvalue weighted by molar-refractivity contribution is 5.92. The van der Waals surface area contributed by atoms with Gasteiger partial charge < -0.3 is 14.5 Å². The summed E-state index contributed by atoms with van der Waals surface area (Å²) in [6.45, 7) is 4.40. The van der Waals surface area contributed by atoms with Crippen molar-refractivity contribution in [1.82, 2.24) is 9.88 Å². The van der Waals surface area contributed by atoms with Gasteiger partial charge in [0, 0.05) is 41.8 Å². The molecule has 5 atom stereocenters. The number of piperidine rings is 2. The van der Waals surface area contributed by atoms with Gasteiger partial charge in [0.1, 0.15) is 11.2 Å². The zero-order valence-corrected chi connectivity index (χ0v) is 16.4. The number of ether oxygens (including phenoxy) is 2. The number of esters is 1. The minimum Gasteiger partial charge on any atom is -0.497 e. The monoisotopic (exact) mass is 368 g/mol. The van der Waals surface area contributed by atoms with E-state index >= 15 is 0 Å². The molecule has 2 aromatic rings. The van der Waals surface area contributed by atoms with Gasteiger partial charge in [-0.2, -0.15) is 0 Å². The minimum atomic E-state index is -0.575. The van der Waals surface area contributed by atoms with Crippen LogP contribution in [-0.4, -0.2) is 49.2 Å². The standard InChI is InChI=1S/C22H28N2O3/c1-4-14-9-13-11-22(21(25)27-3)19-17(7-8-24(12-13)20(14)22)16-6-5-15(26-2)10-18(16)23-19/h5-6,10,13-14,20,23H,4,7-9,11-12H2,1-3H3/t13-,14+,20+,22+/m1/s1. The Bertz CT molecular complexity index is 904. The first kappa shape index (κ1) is 17.1. The molecule has 1 aromatic heterocycles. The van der Waals surface area contributed by atoms with Crippen LogP contribution in [0.1, 0.15) is 37.4 Å². The highest BCUT2D eigenvalue weighted by Gasteiger charge is 2.62. The van der Waals surface area contributed by atoms with Crippen molar-refractivity contribution < 1.29 is 14.3 Å². The average molecular weight is 368 g/mol. The van der Waals surface area contributed by atoms with Gasteiger partial charge in [0.2, 0.25) is 0 Å². The molecule has 1 aliphatic carbocycles. The molecule has 4 aliphatic rings. The van der Waals surface area contributed by atoms with Gasteiger partial charge in [0.25, 0.3) is 0 Å². The van der Waals surface area contributed by atoms with Crippen molar-refractivity contribution >= 4 is 16.9 Å². The third-order valence-electron chi connectivity index (χ3n) is 7.37. The predicted octanol–water partition coefficient (Wildman–Crippen LogP) is 3.26. The van der Waals surface area contributed by atoms with Gasteiger partial charge in [-0.3, -0.25) is 9.69 Å². The van der Waals surface area contributed by atoms with Crippen molar-refractivity contribution in [2.75, 3.05) is 27.3 Å². The molecule has 1 aromatic carbocycles. The average Bonchev–Trinajstić information content (AvgIpc) is 3.04. The van der Waals surface area contributed by atoms with Crippen molar-refractivity contribution in [3.05, 3.63) is 29.5 Å². The number of hydrogen-bond donors (Lipinski definition) is 1. The maximum Gasteiger partial charge on any atom is 0.319 e. The molecule has 27 heavy (non-hydrogen) atoms. The number of nitrogens with one attached hydrogen (secondary N) is 1. The molecule has 0 spiro atoms. The van der Waals surface area contributed by atoms with Crippen LogP contribution in [0.5, 0.6) is 5.75 Å². The van der Waals surface area contributed by atoms with Gasteiger partial charge in [0.05, 0.1) is 14.2 Å². The van der Waals surface area contributed by atoms with Gasteiger partial charge >= 0.3 is 5.97 Å². The summed E-state index contributed by atoms with van der Waals surface area (Å²) in [5, 5.41) is 1.21. The lowest BCUT2D eigenvalue weighted by Gasteiger charge is -2.57. The Labute approximate surface area is 160 Å². The first-order valence-corrected chi connectivity index (χ1v) is 10.1. The number of hydrogen-bond acceptors (Lipinski definition) is 4. The van der Waals surface area contributed by atoms with Crippen LogP contribution >= 0.6 is 0 Å². The van der Waals surface area contributed by atoms with Crippen LogP contribution in [0.15, 0.2) is 18.2 Å². The lowest BCUT2D eigenvalue weighted by atomic mass is 9.56. The maximum atomic E-state index is 13.4. The third kappa shape index (κ3) is 2.18. The van der Waals surface area contributed by atoms with Crippen molar-refractivity contribution in [3.8, 4) is 5.75 Å². The molecule has 0 amide bonds. The number of aromatic nitrogens is 1. The third-order valence-corrected chi connectivity index (χ3v) is 7.37. The van der Waals surface area contributed by atoms with Crippen LogP contribution in [0.3, 0.4) is 0 Å². The van der Waals surface area contributed by atoms with Crippen molar-refractivity contribution in [3.63, 3.8) is 0 Å². The van der Waals surface area contributed by atoms with Crippen LogP contribution in [0.4, 0.5) is 0 Å². The zero-order chi connectivity index (χ0) is 18.8. The van der Waals surface area contributed by atoms with Crippen LogP contribution in [0, 0.1) is 11.8 Å². The molecule has 1 N–H and O–H groups in total. The van der Waals surface area contributed by atoms with Crippen LogP contribution in [-0.2, 0) is 21.4 Å². The fraction of sp³-hybridized carbons (Fsp3) is 0.591. The number of carbonyl (C=O) groups excluding carboxylic acids is 1. The van der Waals surface area contributed by atoms with Crippen LogP contribution in [0.25, 0.3) is 10.9 Å². The summed E-state index contributed by atoms with van der Waals surface area (Å²) in [6, 6.07) is 6.43. The fourth-order valence-electron chi connectivity index (χ4n) is 6.43. The number of H-pyrrole nitrogens is 1. The first-order valence-electron chi connectivity index (χ1n) is 10.1. The van der Waals surface area contributed by atoms with Crippen LogP contribution in [0.2, 0.25) is 0 Å². The topological polar surface area (TPSA) is 54.6 Å². The fourth-order valence-corrected chi connectivity index (χ4v) is 6.43. The summed E-state index contributed by atoms with van der Waals surface area (Å²) in [5.41, 5.74) is 2.88. The Morgan fingerprint density at radius 1 is 1.37 bits per heavy atom. The molecule has 4 bridgehead atoms. The molecule has 3 fully saturated rings. The molecule has 1 saturated carbocycles. The largest absolute Gasteiger partial charge is 0.497 e. The molecule has 0 radical (unpaired) electrons. The minimum absolute atomic E-state index is 0.0676. The Morgan fingerprint density at radius 3 is 2.96 bits per heavy atom. The highest BCUT2D eigenvalue weighted by Crippen LogP contribution is 2.55. The highest BCUT2D eigenvalue weighted by atomic mass is 16.5. The molecule has 4 heterocycles. The number of carbonyl (C=O) groups is 1. The maximum absolute atomic E-state index is 13.4. The summed E-state index contributed by atoms with van der Waals surface area (Å²) in [7, 11) is 3.23. The second-order valence-electron chi connectivity index (χ2n) is 8.52. The van der Waals surface area contributed by atoms with E-state index in [9.17, 15) is 4.79 Å². The molecule has 144 valence electrons. The first-order chi connectivity index (χ1) is 13.1. The molecule has 3 aliphatic heterocycles. The van der Waals surface area contributed by atoms with E-state index in [0.717, 1.165) is 49.3 Å². The molecule has 5 heteroatoms. The van der Waals surface area contributed by atoms with Crippen LogP contribution < -0.4 is 4.74 Å². The second-order valence-corrected chi connectivity index (χ2v) is 8.52. The van der Waals surface area contributed by atoms with Gasteiger partial charge in [-0.25, -0.2) is 0 Å². The summed E-state index contributed by atoms with van der Waals surface area (Å²) < 4.78 is 10.9. The molecular formula is C22H28N2O3. The Kier molecular flexibility index (Phi) is 3.80. The number of methoxy groups -OCH3 is 2. The van der Waals surface area contributed by atoms with Crippen molar-refractivity contribution in [2.24, 2.45) is 11.8 Å². The lowest BCUT2D eigenvalue weighted by Crippen LogP contribution is -2.67. The van der Waals surface area contributed by atoms with E-state index < -0.39 is 5.41 Å². The summed E-state index contributed by atoms with van der Waals surface area (Å²) >= 11 is 0. The Hall–Kier alpha value is -2.01. The molecule has 2 saturated heterocycles. The van der Waals surface area contributed by atoms with E-state index in [1.54, 1.807) is 14.2 Å². The van der Waals surface area contributed by atoms with Crippen molar-refractivity contribution in [2.45, 2.75) is 44.1 Å². The second kappa shape index (κ2) is 5.99. The normalized spacial score (nSPS) is 34.2. The summed E-state index contributed by atoms with van der Waals surface area (Å²) in [4.78, 5) is 19.6. The smallest absolute Gasteiger partial charge is 0.319 e. The van der Waals surface area contributed by atoms with Gasteiger partial charge in [0.15, 0.2) is 0 Å². The zero-order valence-electron chi connectivity index (χ0n) is 16.4. The number of benzene rings is 1. The van der Waals surface area contributed by atoms with E-state index in [2.05, 4.69) is 22.9 Å². The quantitative estimate of drug-likeness (QED) is 0.845. The molecule has 5 nitrogen and oxygen atoms in total. The molecule has 6 rings (SSSR count). The predicted molar refractivity (Wildman–Crippen MR) is 104 cm³/mol. The Balaban J connectivity index is 1.78. The Morgan fingerprint density at radius 2 is 2.22 bits per heavy atom. The van der Waals surface area contributed by atoms with E-state index in [1.165, 1.54) is 17.4 Å². The lowest BCUT2D eigenvalue weighted by molar-refractivity contribution is -0.162. The molecular weight excluding hydrogens is 340 g/mol. The van der Waals surface area contributed by atoms with E-state index in [4.69, 9.17) is 9.47 Å². The number of nitrogens with zero attached hydrogens (tertiary/aromatic N) is 1. The SMILES string of the molecule is CC[C@H]1C[C@H]2CN3CCc4c([nH]c5cc(OC)ccc45)[C@@](C(=O)OC)(C2)[C@H]13.